The van der Waals surface area contributed by atoms with Crippen molar-refractivity contribution in [3.63, 3.8) is 0 Å². The molecule has 1 heterocycles. The highest BCUT2D eigenvalue weighted by Crippen LogP contribution is 2.23. The van der Waals surface area contributed by atoms with Crippen molar-refractivity contribution < 1.29 is 29.6 Å². The van der Waals surface area contributed by atoms with Gasteiger partial charge in [0, 0.05) is 11.1 Å². The molecule has 6 nitrogen and oxygen atoms in total. The number of carbonyl (C=O) groups excluding carboxylic acids is 1. The quantitative estimate of drug-likeness (QED) is 0.709. The van der Waals surface area contributed by atoms with E-state index >= 15 is 0 Å². The van der Waals surface area contributed by atoms with Crippen molar-refractivity contribution in [2.24, 2.45) is 0 Å². The summed E-state index contributed by atoms with van der Waals surface area (Å²) in [5.41, 5.74) is 0.835. The van der Waals surface area contributed by atoms with E-state index in [1.54, 1.807) is 48.5 Å². The van der Waals surface area contributed by atoms with Crippen LogP contribution in [0.4, 0.5) is 0 Å². The van der Waals surface area contributed by atoms with Gasteiger partial charge in [0.1, 0.15) is 24.1 Å². The molecule has 7 heteroatoms. The number of benzene rings is 2. The van der Waals surface area contributed by atoms with Gasteiger partial charge in [0.25, 0.3) is 0 Å². The average molecular weight is 365 g/mol. The molecule has 25 heavy (non-hydrogen) atoms. The fraction of sp³-hybridized carbons (Fsp3) is 0.278. The number of aliphatic hydroxyl groups excluding tert-OH is 3. The van der Waals surface area contributed by atoms with Gasteiger partial charge in [-0.05, 0) is 36.4 Å². The van der Waals surface area contributed by atoms with Gasteiger partial charge in [-0.25, -0.2) is 0 Å². The van der Waals surface area contributed by atoms with Crippen LogP contribution in [0, 0.1) is 0 Å². The van der Waals surface area contributed by atoms with Gasteiger partial charge in [-0.3, -0.25) is 4.79 Å². The molecule has 0 saturated carbocycles. The molecule has 1 aliphatic rings. The second-order valence-electron chi connectivity index (χ2n) is 5.70. The molecule has 0 amide bonds. The molecule has 1 aliphatic heterocycles. The van der Waals surface area contributed by atoms with Gasteiger partial charge in [0.15, 0.2) is 5.78 Å². The Morgan fingerprint density at radius 1 is 1.04 bits per heavy atom. The smallest absolute Gasteiger partial charge is 0.228 e. The largest absolute Gasteiger partial charge is 0.462 e. The lowest BCUT2D eigenvalue weighted by molar-refractivity contribution is -0.242. The molecule has 0 radical (unpaired) electrons. The van der Waals surface area contributed by atoms with Crippen LogP contribution >= 0.6 is 11.6 Å². The monoisotopic (exact) mass is 364 g/mol. The summed E-state index contributed by atoms with van der Waals surface area (Å²) in [6, 6.07) is 13.0. The summed E-state index contributed by atoms with van der Waals surface area (Å²) < 4.78 is 10.6. The number of hydrogen-bond donors (Lipinski definition) is 3. The van der Waals surface area contributed by atoms with Crippen molar-refractivity contribution in [3.8, 4) is 5.75 Å². The number of ether oxygens (including phenoxy) is 2. The van der Waals surface area contributed by atoms with Gasteiger partial charge < -0.3 is 24.8 Å². The number of rotatable bonds is 4. The zero-order valence-corrected chi connectivity index (χ0v) is 13.8. The van der Waals surface area contributed by atoms with Gasteiger partial charge in [0.2, 0.25) is 6.29 Å². The van der Waals surface area contributed by atoms with E-state index in [0.29, 0.717) is 21.9 Å². The SMILES string of the molecule is O=C(c1ccc(O[C@@H]2OC[C@@H](O)[C@H](O)[C@H]2O)cc1)c1ccccc1Cl. The van der Waals surface area contributed by atoms with Gasteiger partial charge in [-0.15, -0.1) is 0 Å². The van der Waals surface area contributed by atoms with E-state index in [2.05, 4.69) is 0 Å². The third-order valence-electron chi connectivity index (χ3n) is 3.94. The highest BCUT2D eigenvalue weighted by molar-refractivity contribution is 6.34. The zero-order chi connectivity index (χ0) is 18.0. The summed E-state index contributed by atoms with van der Waals surface area (Å²) in [7, 11) is 0. The van der Waals surface area contributed by atoms with Crippen LogP contribution < -0.4 is 4.74 Å². The fourth-order valence-corrected chi connectivity index (χ4v) is 2.72. The highest BCUT2D eigenvalue weighted by atomic mass is 35.5. The molecule has 2 aromatic carbocycles. The number of carbonyl (C=O) groups is 1. The minimum Gasteiger partial charge on any atom is -0.462 e. The second kappa shape index (κ2) is 7.51. The fourth-order valence-electron chi connectivity index (χ4n) is 2.50. The molecule has 0 aliphatic carbocycles. The van der Waals surface area contributed by atoms with Crippen LogP contribution in [0.2, 0.25) is 5.02 Å². The molecule has 0 aromatic heterocycles. The molecule has 3 N–H and O–H groups in total. The lowest BCUT2D eigenvalue weighted by Crippen LogP contribution is -2.54. The summed E-state index contributed by atoms with van der Waals surface area (Å²) in [5.74, 6) is 0.132. The van der Waals surface area contributed by atoms with Gasteiger partial charge in [-0.1, -0.05) is 23.7 Å². The maximum atomic E-state index is 12.4. The first-order valence-corrected chi connectivity index (χ1v) is 8.07. The van der Waals surface area contributed by atoms with Crippen molar-refractivity contribution >= 4 is 17.4 Å². The van der Waals surface area contributed by atoms with Crippen LogP contribution in [0.25, 0.3) is 0 Å². The lowest BCUT2D eigenvalue weighted by atomic mass is 10.0. The molecule has 0 unspecified atom stereocenters. The summed E-state index contributed by atoms with van der Waals surface area (Å²) in [4.78, 5) is 12.4. The maximum Gasteiger partial charge on any atom is 0.228 e. The van der Waals surface area contributed by atoms with Crippen LogP contribution in [0.1, 0.15) is 15.9 Å². The standard InChI is InChI=1S/C18H17ClO6/c19-13-4-2-1-3-12(13)15(21)10-5-7-11(8-6-10)25-18-17(23)16(22)14(20)9-24-18/h1-8,14,16-18,20,22-23H,9H2/t14-,16+,17-,18+/m1/s1. The Labute approximate surface area is 149 Å². The molecule has 1 saturated heterocycles. The first-order chi connectivity index (χ1) is 12.0. The molecule has 2 aromatic rings. The van der Waals surface area contributed by atoms with Crippen molar-refractivity contribution in [1.82, 2.24) is 0 Å². The Bertz CT molecular complexity index is 747. The van der Waals surface area contributed by atoms with Crippen molar-refractivity contribution in [2.45, 2.75) is 24.6 Å². The lowest BCUT2D eigenvalue weighted by Gasteiger charge is -2.34. The van der Waals surface area contributed by atoms with E-state index in [1.165, 1.54) is 0 Å². The number of aliphatic hydroxyl groups is 3. The molecular weight excluding hydrogens is 348 g/mol. The minimum absolute atomic E-state index is 0.147. The molecule has 0 spiro atoms. The molecule has 3 rings (SSSR count). The van der Waals surface area contributed by atoms with E-state index in [1.807, 2.05) is 0 Å². The van der Waals surface area contributed by atoms with E-state index in [9.17, 15) is 20.1 Å². The highest BCUT2D eigenvalue weighted by Gasteiger charge is 2.38. The average Bonchev–Trinajstić information content (AvgIpc) is 2.63. The van der Waals surface area contributed by atoms with Crippen LogP contribution in [-0.4, -0.2) is 52.3 Å². The van der Waals surface area contributed by atoms with Crippen LogP contribution in [0.5, 0.6) is 5.75 Å². The van der Waals surface area contributed by atoms with Crippen molar-refractivity contribution in [1.29, 1.82) is 0 Å². The predicted octanol–water partition coefficient (Wildman–Crippen LogP) is 1.39. The minimum atomic E-state index is -1.38. The Kier molecular flexibility index (Phi) is 5.36. The normalized spacial score (nSPS) is 26.2. The van der Waals surface area contributed by atoms with Crippen LogP contribution in [0.3, 0.4) is 0 Å². The van der Waals surface area contributed by atoms with Crippen molar-refractivity contribution in [2.75, 3.05) is 6.61 Å². The Balaban J connectivity index is 1.70. The van der Waals surface area contributed by atoms with E-state index in [-0.39, 0.29) is 12.4 Å². The number of halogens is 1. The van der Waals surface area contributed by atoms with Crippen LogP contribution in [0.15, 0.2) is 48.5 Å². The first kappa shape index (κ1) is 17.8. The van der Waals surface area contributed by atoms with E-state index in [4.69, 9.17) is 21.1 Å². The molecular formula is C18H17ClO6. The third kappa shape index (κ3) is 3.84. The summed E-state index contributed by atoms with van der Waals surface area (Å²) in [6.45, 7) is -0.147. The number of ketones is 1. The van der Waals surface area contributed by atoms with Crippen molar-refractivity contribution in [3.05, 3.63) is 64.7 Å². The third-order valence-corrected chi connectivity index (χ3v) is 4.27. The summed E-state index contributed by atoms with van der Waals surface area (Å²) >= 11 is 6.04. The Morgan fingerprint density at radius 2 is 1.72 bits per heavy atom. The van der Waals surface area contributed by atoms with Crippen LogP contribution in [-0.2, 0) is 4.74 Å². The molecule has 1 fully saturated rings. The number of hydrogen-bond acceptors (Lipinski definition) is 6. The summed E-state index contributed by atoms with van der Waals surface area (Å²) in [5, 5.41) is 29.3. The van der Waals surface area contributed by atoms with E-state index in [0.717, 1.165) is 0 Å². The summed E-state index contributed by atoms with van der Waals surface area (Å²) in [6.07, 6.45) is -5.00. The predicted molar refractivity (Wildman–Crippen MR) is 89.7 cm³/mol. The Hall–Kier alpha value is -1.96. The zero-order valence-electron chi connectivity index (χ0n) is 13.1. The van der Waals surface area contributed by atoms with Gasteiger partial charge in [-0.2, -0.15) is 0 Å². The van der Waals surface area contributed by atoms with E-state index < -0.39 is 24.6 Å². The molecule has 0 bridgehead atoms. The Morgan fingerprint density at radius 3 is 2.40 bits per heavy atom. The van der Waals surface area contributed by atoms with Gasteiger partial charge in [0.05, 0.1) is 11.6 Å². The maximum absolute atomic E-state index is 12.4. The first-order valence-electron chi connectivity index (χ1n) is 7.69. The second-order valence-corrected chi connectivity index (χ2v) is 6.11. The molecule has 4 atom stereocenters. The van der Waals surface area contributed by atoms with Gasteiger partial charge >= 0.3 is 0 Å². The molecule has 132 valence electrons. The topological polar surface area (TPSA) is 96.2 Å².